The van der Waals surface area contributed by atoms with Crippen molar-refractivity contribution in [1.82, 2.24) is 4.90 Å². The molecule has 0 aliphatic rings. The van der Waals surface area contributed by atoms with Gasteiger partial charge < -0.3 is 0 Å². The summed E-state index contributed by atoms with van der Waals surface area (Å²) in [5.74, 6) is 0.512. The molecular formula is C19H27NS. The number of hydrogen-bond acceptors (Lipinski definition) is 2. The van der Waals surface area contributed by atoms with Crippen molar-refractivity contribution in [2.75, 3.05) is 6.54 Å². The third-order valence-corrected chi connectivity index (χ3v) is 4.85. The van der Waals surface area contributed by atoms with E-state index in [2.05, 4.69) is 79.8 Å². The zero-order valence-electron chi connectivity index (χ0n) is 13.6. The molecule has 2 heteroatoms. The summed E-state index contributed by atoms with van der Waals surface area (Å²) in [6, 6.07) is 14.4. The molecule has 2 aromatic rings. The molecule has 2 rings (SSSR count). The Bertz CT molecular complexity index is 494. The first-order chi connectivity index (χ1) is 10.1. The van der Waals surface area contributed by atoms with Crippen molar-refractivity contribution in [2.45, 2.75) is 52.1 Å². The third kappa shape index (κ3) is 4.42. The summed E-state index contributed by atoms with van der Waals surface area (Å²) in [4.78, 5) is 2.59. The molecule has 114 valence electrons. The Kier molecular flexibility index (Phi) is 6.01. The molecule has 0 saturated carbocycles. The molecule has 0 radical (unpaired) electrons. The van der Waals surface area contributed by atoms with Crippen LogP contribution in [-0.4, -0.2) is 23.5 Å². The highest BCUT2D eigenvalue weighted by Gasteiger charge is 2.19. The molecule has 21 heavy (non-hydrogen) atoms. The standard InChI is InChI=1S/C19H27NS/c1-15(2)20(16(3)4)12-10-19(18-11-13-21-14-18)17-8-6-5-7-9-17/h5-9,11,13-16,19H,10,12H2,1-4H3. The number of benzene rings is 1. The second-order valence-electron chi connectivity index (χ2n) is 6.23. The Morgan fingerprint density at radius 1 is 0.905 bits per heavy atom. The molecule has 1 heterocycles. The average molecular weight is 301 g/mol. The van der Waals surface area contributed by atoms with Gasteiger partial charge in [-0.05, 0) is 68.6 Å². The molecule has 0 N–H and O–H groups in total. The monoisotopic (exact) mass is 301 g/mol. The quantitative estimate of drug-likeness (QED) is 0.663. The lowest BCUT2D eigenvalue weighted by Gasteiger charge is -2.32. The molecule has 0 aliphatic carbocycles. The van der Waals surface area contributed by atoms with E-state index in [1.165, 1.54) is 17.5 Å². The smallest absolute Gasteiger partial charge is 0.0110 e. The van der Waals surface area contributed by atoms with Crippen LogP contribution in [-0.2, 0) is 0 Å². The fourth-order valence-corrected chi connectivity index (χ4v) is 3.79. The number of thiophene rings is 1. The van der Waals surface area contributed by atoms with Crippen molar-refractivity contribution in [3.63, 3.8) is 0 Å². The van der Waals surface area contributed by atoms with Gasteiger partial charge in [-0.3, -0.25) is 4.90 Å². The fourth-order valence-electron chi connectivity index (χ4n) is 3.08. The van der Waals surface area contributed by atoms with Gasteiger partial charge in [0.05, 0.1) is 0 Å². The largest absolute Gasteiger partial charge is 0.299 e. The van der Waals surface area contributed by atoms with Crippen LogP contribution >= 0.6 is 11.3 Å². The van der Waals surface area contributed by atoms with Crippen molar-refractivity contribution in [3.05, 3.63) is 58.3 Å². The maximum Gasteiger partial charge on any atom is 0.0110 e. The van der Waals surface area contributed by atoms with Crippen LogP contribution in [0.2, 0.25) is 0 Å². The second-order valence-corrected chi connectivity index (χ2v) is 7.01. The zero-order valence-corrected chi connectivity index (χ0v) is 14.4. The summed E-state index contributed by atoms with van der Waals surface area (Å²) in [6.45, 7) is 10.3. The van der Waals surface area contributed by atoms with E-state index in [1.807, 2.05) is 0 Å². The van der Waals surface area contributed by atoms with Crippen LogP contribution in [0.1, 0.15) is 51.2 Å². The van der Waals surface area contributed by atoms with E-state index in [-0.39, 0.29) is 0 Å². The summed E-state index contributed by atoms with van der Waals surface area (Å²) >= 11 is 1.80. The van der Waals surface area contributed by atoms with Crippen molar-refractivity contribution < 1.29 is 0 Å². The molecule has 0 bridgehead atoms. The summed E-state index contributed by atoms with van der Waals surface area (Å²) in [5.41, 5.74) is 2.89. The fraction of sp³-hybridized carbons (Fsp3) is 0.474. The maximum absolute atomic E-state index is 2.59. The SMILES string of the molecule is CC(C)N(CCC(c1ccccc1)c1ccsc1)C(C)C. The Balaban J connectivity index is 2.14. The summed E-state index contributed by atoms with van der Waals surface area (Å²) in [7, 11) is 0. The van der Waals surface area contributed by atoms with Gasteiger partial charge in [0.2, 0.25) is 0 Å². The molecule has 1 aromatic carbocycles. The van der Waals surface area contributed by atoms with Crippen LogP contribution in [0.25, 0.3) is 0 Å². The topological polar surface area (TPSA) is 3.24 Å². The highest BCUT2D eigenvalue weighted by molar-refractivity contribution is 7.08. The Morgan fingerprint density at radius 3 is 2.10 bits per heavy atom. The summed E-state index contributed by atoms with van der Waals surface area (Å²) < 4.78 is 0. The average Bonchev–Trinajstić information content (AvgIpc) is 2.97. The zero-order chi connectivity index (χ0) is 15.2. The van der Waals surface area contributed by atoms with Crippen molar-refractivity contribution in [2.24, 2.45) is 0 Å². The highest BCUT2D eigenvalue weighted by Crippen LogP contribution is 2.30. The number of rotatable bonds is 7. The Hall–Kier alpha value is -1.12. The van der Waals surface area contributed by atoms with E-state index in [9.17, 15) is 0 Å². The van der Waals surface area contributed by atoms with Gasteiger partial charge in [0, 0.05) is 18.0 Å². The van der Waals surface area contributed by atoms with Crippen LogP contribution in [0.15, 0.2) is 47.2 Å². The molecule has 1 aromatic heterocycles. The van der Waals surface area contributed by atoms with Gasteiger partial charge in [0.15, 0.2) is 0 Å². The first-order valence-corrected chi connectivity index (χ1v) is 8.86. The van der Waals surface area contributed by atoms with Gasteiger partial charge in [-0.25, -0.2) is 0 Å². The van der Waals surface area contributed by atoms with Gasteiger partial charge >= 0.3 is 0 Å². The first-order valence-electron chi connectivity index (χ1n) is 7.92. The molecule has 0 saturated heterocycles. The summed E-state index contributed by atoms with van der Waals surface area (Å²) in [5, 5.41) is 4.49. The van der Waals surface area contributed by atoms with E-state index >= 15 is 0 Å². The number of nitrogens with zero attached hydrogens (tertiary/aromatic N) is 1. The molecule has 0 amide bonds. The van der Waals surface area contributed by atoms with Gasteiger partial charge in [0.1, 0.15) is 0 Å². The molecule has 0 aliphatic heterocycles. The van der Waals surface area contributed by atoms with Crippen molar-refractivity contribution >= 4 is 11.3 Å². The molecule has 0 spiro atoms. The number of hydrogen-bond donors (Lipinski definition) is 0. The second kappa shape index (κ2) is 7.77. The van der Waals surface area contributed by atoms with Crippen LogP contribution in [0.3, 0.4) is 0 Å². The van der Waals surface area contributed by atoms with Gasteiger partial charge in [-0.2, -0.15) is 11.3 Å². The van der Waals surface area contributed by atoms with Crippen molar-refractivity contribution in [3.8, 4) is 0 Å². The van der Waals surface area contributed by atoms with Crippen LogP contribution < -0.4 is 0 Å². The predicted octanol–water partition coefficient (Wildman–Crippen LogP) is 5.39. The van der Waals surface area contributed by atoms with Crippen LogP contribution in [0, 0.1) is 0 Å². The lowest BCUT2D eigenvalue weighted by Crippen LogP contribution is -2.38. The lowest BCUT2D eigenvalue weighted by molar-refractivity contribution is 0.170. The third-order valence-electron chi connectivity index (χ3n) is 4.15. The molecule has 1 unspecified atom stereocenters. The van der Waals surface area contributed by atoms with E-state index in [1.54, 1.807) is 11.3 Å². The minimum Gasteiger partial charge on any atom is -0.299 e. The molecule has 0 fully saturated rings. The van der Waals surface area contributed by atoms with E-state index in [0.29, 0.717) is 18.0 Å². The molecule has 1 atom stereocenters. The van der Waals surface area contributed by atoms with E-state index in [4.69, 9.17) is 0 Å². The van der Waals surface area contributed by atoms with E-state index in [0.717, 1.165) is 6.54 Å². The molecular weight excluding hydrogens is 274 g/mol. The maximum atomic E-state index is 2.59. The van der Waals surface area contributed by atoms with Crippen molar-refractivity contribution in [1.29, 1.82) is 0 Å². The highest BCUT2D eigenvalue weighted by atomic mass is 32.1. The van der Waals surface area contributed by atoms with Gasteiger partial charge in [-0.1, -0.05) is 30.3 Å². The normalized spacial score (nSPS) is 13.3. The molecule has 1 nitrogen and oxygen atoms in total. The Labute approximate surface area is 133 Å². The minimum atomic E-state index is 0.512. The Morgan fingerprint density at radius 2 is 1.57 bits per heavy atom. The minimum absolute atomic E-state index is 0.512. The lowest BCUT2D eigenvalue weighted by atomic mass is 9.90. The summed E-state index contributed by atoms with van der Waals surface area (Å²) in [6.07, 6.45) is 1.18. The van der Waals surface area contributed by atoms with Crippen LogP contribution in [0.5, 0.6) is 0 Å². The van der Waals surface area contributed by atoms with Gasteiger partial charge in [0.25, 0.3) is 0 Å². The van der Waals surface area contributed by atoms with Gasteiger partial charge in [-0.15, -0.1) is 0 Å². The van der Waals surface area contributed by atoms with E-state index < -0.39 is 0 Å². The van der Waals surface area contributed by atoms with Crippen LogP contribution in [0.4, 0.5) is 0 Å². The first kappa shape index (κ1) is 16.3. The predicted molar refractivity (Wildman–Crippen MR) is 94.2 cm³/mol.